The molecule has 1 aromatic heterocycles. The Morgan fingerprint density at radius 2 is 2.13 bits per heavy atom. The van der Waals surface area contributed by atoms with Gasteiger partial charge in [0, 0.05) is 5.39 Å². The molecule has 4 nitrogen and oxygen atoms in total. The van der Waals surface area contributed by atoms with Gasteiger partial charge in [-0.05, 0) is 12.1 Å². The van der Waals surface area contributed by atoms with Crippen molar-refractivity contribution in [2.75, 3.05) is 7.11 Å². The number of rotatable bonds is 1. The van der Waals surface area contributed by atoms with Crippen LogP contribution in [0.2, 0.25) is 0 Å². The monoisotopic (exact) mass is 200 g/mol. The molecule has 0 radical (unpaired) electrons. The van der Waals surface area contributed by atoms with Gasteiger partial charge in [-0.2, -0.15) is 5.26 Å². The molecule has 2 aromatic rings. The van der Waals surface area contributed by atoms with Crippen LogP contribution in [0, 0.1) is 11.3 Å². The summed E-state index contributed by atoms with van der Waals surface area (Å²) in [4.78, 5) is 4.01. The highest BCUT2D eigenvalue weighted by Gasteiger charge is 2.13. The fourth-order valence-electron chi connectivity index (χ4n) is 1.46. The zero-order valence-electron chi connectivity index (χ0n) is 8.06. The molecule has 0 saturated heterocycles. The summed E-state index contributed by atoms with van der Waals surface area (Å²) in [5.74, 6) is 0.0795. The van der Waals surface area contributed by atoms with E-state index in [4.69, 9.17) is 10.00 Å². The average Bonchev–Trinajstić information content (AvgIpc) is 2.28. The molecule has 0 fully saturated rings. The lowest BCUT2D eigenvalue weighted by molar-refractivity contribution is 0.376. The largest absolute Gasteiger partial charge is 0.502 e. The normalized spacial score (nSPS) is 9.87. The topological polar surface area (TPSA) is 66.1 Å². The Morgan fingerprint density at radius 1 is 1.40 bits per heavy atom. The highest BCUT2D eigenvalue weighted by Crippen LogP contribution is 2.35. The lowest BCUT2D eigenvalue weighted by Crippen LogP contribution is -1.92. The third kappa shape index (κ3) is 1.34. The zero-order chi connectivity index (χ0) is 10.8. The number of aromatic nitrogens is 1. The lowest BCUT2D eigenvalue weighted by atomic mass is 10.1. The van der Waals surface area contributed by atoms with Gasteiger partial charge in [0.05, 0.1) is 12.6 Å². The molecule has 4 heteroatoms. The number of ether oxygens (including phenoxy) is 1. The van der Waals surface area contributed by atoms with E-state index in [0.29, 0.717) is 10.9 Å². The lowest BCUT2D eigenvalue weighted by Gasteiger charge is -2.07. The van der Waals surface area contributed by atoms with Crippen molar-refractivity contribution in [3.05, 3.63) is 30.0 Å². The van der Waals surface area contributed by atoms with Gasteiger partial charge >= 0.3 is 0 Å². The van der Waals surface area contributed by atoms with Crippen molar-refractivity contribution in [2.45, 2.75) is 0 Å². The second kappa shape index (κ2) is 3.46. The summed E-state index contributed by atoms with van der Waals surface area (Å²) in [6.07, 6.45) is 0. The molecule has 1 heterocycles. The van der Waals surface area contributed by atoms with Crippen LogP contribution in [0.5, 0.6) is 11.5 Å². The van der Waals surface area contributed by atoms with Gasteiger partial charge in [0.2, 0.25) is 0 Å². The van der Waals surface area contributed by atoms with Crippen molar-refractivity contribution >= 4 is 10.9 Å². The Bertz CT molecular complexity index is 558. The Hall–Kier alpha value is -2.28. The molecule has 15 heavy (non-hydrogen) atoms. The molecule has 1 N–H and O–H groups in total. The quantitative estimate of drug-likeness (QED) is 0.762. The number of methoxy groups -OCH3 is 1. The SMILES string of the molecule is COc1c(O)c(C#N)nc2ccccc12. The van der Waals surface area contributed by atoms with E-state index in [-0.39, 0.29) is 17.2 Å². The summed E-state index contributed by atoms with van der Waals surface area (Å²) in [6, 6.07) is 8.99. The molecule has 0 bridgehead atoms. The predicted molar refractivity (Wildman–Crippen MR) is 54.7 cm³/mol. The van der Waals surface area contributed by atoms with Crippen molar-refractivity contribution in [2.24, 2.45) is 0 Å². The van der Waals surface area contributed by atoms with Crippen LogP contribution < -0.4 is 4.74 Å². The first kappa shape index (κ1) is 9.28. The maximum Gasteiger partial charge on any atom is 0.195 e. The third-order valence-electron chi connectivity index (χ3n) is 2.13. The van der Waals surface area contributed by atoms with Gasteiger partial charge in [-0.1, -0.05) is 12.1 Å². The van der Waals surface area contributed by atoms with Crippen molar-refractivity contribution < 1.29 is 9.84 Å². The number of para-hydroxylation sites is 1. The summed E-state index contributed by atoms with van der Waals surface area (Å²) >= 11 is 0. The van der Waals surface area contributed by atoms with E-state index in [1.165, 1.54) is 7.11 Å². The maximum absolute atomic E-state index is 9.68. The van der Waals surface area contributed by atoms with E-state index in [0.717, 1.165) is 0 Å². The smallest absolute Gasteiger partial charge is 0.195 e. The fourth-order valence-corrected chi connectivity index (χ4v) is 1.46. The van der Waals surface area contributed by atoms with Gasteiger partial charge in [-0.25, -0.2) is 4.98 Å². The number of benzene rings is 1. The van der Waals surface area contributed by atoms with E-state index >= 15 is 0 Å². The molecule has 0 atom stereocenters. The van der Waals surface area contributed by atoms with Crippen molar-refractivity contribution in [1.82, 2.24) is 4.98 Å². The highest BCUT2D eigenvalue weighted by molar-refractivity contribution is 5.88. The van der Waals surface area contributed by atoms with E-state index < -0.39 is 0 Å². The molecular formula is C11H8N2O2. The van der Waals surface area contributed by atoms with Gasteiger partial charge in [0.1, 0.15) is 6.07 Å². The molecule has 1 aromatic carbocycles. The van der Waals surface area contributed by atoms with Crippen molar-refractivity contribution in [3.63, 3.8) is 0 Å². The fraction of sp³-hybridized carbons (Fsp3) is 0.0909. The number of nitriles is 1. The average molecular weight is 200 g/mol. The van der Waals surface area contributed by atoms with Gasteiger partial charge in [0.15, 0.2) is 17.2 Å². The van der Waals surface area contributed by atoms with E-state index in [1.54, 1.807) is 12.1 Å². The van der Waals surface area contributed by atoms with E-state index in [2.05, 4.69) is 4.98 Å². The Balaban J connectivity index is 2.91. The first-order valence-corrected chi connectivity index (χ1v) is 4.33. The minimum absolute atomic E-state index is 0.0226. The molecular weight excluding hydrogens is 192 g/mol. The van der Waals surface area contributed by atoms with Crippen LogP contribution in [0.1, 0.15) is 5.69 Å². The summed E-state index contributed by atoms with van der Waals surface area (Å²) in [5, 5.41) is 19.1. The van der Waals surface area contributed by atoms with Gasteiger partial charge in [-0.3, -0.25) is 0 Å². The second-order valence-corrected chi connectivity index (χ2v) is 2.97. The van der Waals surface area contributed by atoms with Gasteiger partial charge in [0.25, 0.3) is 0 Å². The van der Waals surface area contributed by atoms with Crippen LogP contribution in [-0.2, 0) is 0 Å². The number of fused-ring (bicyclic) bond motifs is 1. The van der Waals surface area contributed by atoms with Crippen LogP contribution in [0.25, 0.3) is 10.9 Å². The van der Waals surface area contributed by atoms with Gasteiger partial charge < -0.3 is 9.84 Å². The summed E-state index contributed by atoms with van der Waals surface area (Å²) < 4.78 is 5.06. The molecule has 0 aliphatic heterocycles. The Labute approximate surface area is 86.4 Å². The van der Waals surface area contributed by atoms with E-state index in [9.17, 15) is 5.11 Å². The predicted octanol–water partition coefficient (Wildman–Crippen LogP) is 1.82. The Morgan fingerprint density at radius 3 is 2.80 bits per heavy atom. The van der Waals surface area contributed by atoms with Crippen molar-refractivity contribution in [1.29, 1.82) is 5.26 Å². The number of hydrogen-bond donors (Lipinski definition) is 1. The van der Waals surface area contributed by atoms with Crippen LogP contribution in [0.4, 0.5) is 0 Å². The molecule has 0 amide bonds. The van der Waals surface area contributed by atoms with E-state index in [1.807, 2.05) is 18.2 Å². The number of pyridine rings is 1. The molecule has 0 unspecified atom stereocenters. The molecule has 0 aliphatic carbocycles. The minimum atomic E-state index is -0.210. The van der Waals surface area contributed by atoms with Crippen LogP contribution in [0.15, 0.2) is 24.3 Å². The zero-order valence-corrected chi connectivity index (χ0v) is 8.06. The summed E-state index contributed by atoms with van der Waals surface area (Å²) in [7, 11) is 1.45. The first-order valence-electron chi connectivity index (χ1n) is 4.33. The summed E-state index contributed by atoms with van der Waals surface area (Å²) in [5.41, 5.74) is 0.606. The maximum atomic E-state index is 9.68. The first-order chi connectivity index (χ1) is 7.27. The summed E-state index contributed by atoms with van der Waals surface area (Å²) in [6.45, 7) is 0. The molecule has 2 rings (SSSR count). The van der Waals surface area contributed by atoms with Gasteiger partial charge in [-0.15, -0.1) is 0 Å². The van der Waals surface area contributed by atoms with Crippen LogP contribution >= 0.6 is 0 Å². The van der Waals surface area contributed by atoms with Crippen LogP contribution in [-0.4, -0.2) is 17.2 Å². The molecule has 74 valence electrons. The molecule has 0 spiro atoms. The number of aromatic hydroxyl groups is 1. The number of nitrogens with zero attached hydrogens (tertiary/aromatic N) is 2. The van der Waals surface area contributed by atoms with Crippen LogP contribution in [0.3, 0.4) is 0 Å². The molecule has 0 saturated carbocycles. The third-order valence-corrected chi connectivity index (χ3v) is 2.13. The highest BCUT2D eigenvalue weighted by atomic mass is 16.5. The standard InChI is InChI=1S/C11H8N2O2/c1-15-11-7-4-2-3-5-8(7)13-9(6-12)10(11)14/h2-5,14H,1H3. The second-order valence-electron chi connectivity index (χ2n) is 2.97. The van der Waals surface area contributed by atoms with Crippen molar-refractivity contribution in [3.8, 4) is 17.6 Å². The number of hydrogen-bond acceptors (Lipinski definition) is 4. The molecule has 0 aliphatic rings. The Kier molecular flexibility index (Phi) is 2.14. The minimum Gasteiger partial charge on any atom is -0.502 e.